The van der Waals surface area contributed by atoms with Crippen LogP contribution >= 0.6 is 0 Å². The van der Waals surface area contributed by atoms with Crippen LogP contribution in [-0.4, -0.2) is 52.6 Å². The monoisotopic (exact) mass is 395 g/mol. The number of halogens is 3. The lowest BCUT2D eigenvalue weighted by Crippen LogP contribution is -2.19. The van der Waals surface area contributed by atoms with Gasteiger partial charge in [0, 0.05) is 31.1 Å². The van der Waals surface area contributed by atoms with Gasteiger partial charge < -0.3 is 14.8 Å². The summed E-state index contributed by atoms with van der Waals surface area (Å²) in [5.74, 6) is -0.422. The van der Waals surface area contributed by atoms with Gasteiger partial charge in [0.2, 0.25) is 11.8 Å². The number of alkyl halides is 3. The van der Waals surface area contributed by atoms with Gasteiger partial charge in [0.1, 0.15) is 5.69 Å². The number of hydrogen-bond acceptors (Lipinski definition) is 6. The molecule has 0 unspecified atom stereocenters. The average Bonchev–Trinajstić information content (AvgIpc) is 3.08. The molecule has 3 rings (SSSR count). The Morgan fingerprint density at radius 3 is 2.75 bits per heavy atom. The van der Waals surface area contributed by atoms with Crippen LogP contribution in [0, 0.1) is 0 Å². The molecular weight excluding hydrogens is 379 g/mol. The number of hydrogen-bond donors (Lipinski definition) is 1. The Morgan fingerprint density at radius 2 is 2.07 bits per heavy atom. The van der Waals surface area contributed by atoms with Crippen LogP contribution in [0.1, 0.15) is 16.1 Å². The fourth-order valence-corrected chi connectivity index (χ4v) is 2.53. The van der Waals surface area contributed by atoms with E-state index < -0.39 is 12.8 Å². The molecule has 0 radical (unpaired) electrons. The molecule has 3 heterocycles. The Labute approximate surface area is 157 Å². The summed E-state index contributed by atoms with van der Waals surface area (Å²) in [5.41, 5.74) is 1.39. The lowest BCUT2D eigenvalue weighted by atomic mass is 10.2. The SMILES string of the molecule is CNC(=O)c1nccc2nn(Cc3ccc(OCC(F)(F)F)nc3OC)cc12. The topological polar surface area (TPSA) is 91.2 Å². The predicted octanol–water partition coefficient (Wildman–Crippen LogP) is 2.18. The maximum Gasteiger partial charge on any atom is 0.422 e. The van der Waals surface area contributed by atoms with E-state index in [0.29, 0.717) is 16.5 Å². The van der Waals surface area contributed by atoms with E-state index in [1.165, 1.54) is 26.4 Å². The number of carbonyl (C=O) groups is 1. The highest BCUT2D eigenvalue weighted by Gasteiger charge is 2.28. The Kier molecular flexibility index (Phi) is 5.34. The van der Waals surface area contributed by atoms with Crippen molar-refractivity contribution in [2.75, 3.05) is 20.8 Å². The Morgan fingerprint density at radius 1 is 1.29 bits per heavy atom. The molecule has 3 aromatic heterocycles. The number of carbonyl (C=O) groups excluding carboxylic acids is 1. The van der Waals surface area contributed by atoms with Crippen molar-refractivity contribution < 1.29 is 27.4 Å². The molecule has 0 aromatic carbocycles. The second kappa shape index (κ2) is 7.71. The summed E-state index contributed by atoms with van der Waals surface area (Å²) in [6.07, 6.45) is -1.32. The third-order valence-electron chi connectivity index (χ3n) is 3.75. The lowest BCUT2D eigenvalue weighted by Gasteiger charge is -2.11. The fourth-order valence-electron chi connectivity index (χ4n) is 2.53. The highest BCUT2D eigenvalue weighted by molar-refractivity contribution is 6.03. The molecule has 1 N–H and O–H groups in total. The minimum atomic E-state index is -4.46. The van der Waals surface area contributed by atoms with Crippen molar-refractivity contribution in [1.29, 1.82) is 0 Å². The van der Waals surface area contributed by atoms with E-state index in [2.05, 4.69) is 25.1 Å². The van der Waals surface area contributed by atoms with E-state index in [1.807, 2.05) is 0 Å². The molecule has 0 aliphatic heterocycles. The molecule has 0 saturated carbocycles. The standard InChI is InChI=1S/C17H16F3N5O3/c1-21-15(26)14-11-8-25(24-12(11)5-6-22-14)7-10-3-4-13(23-16(10)27-2)28-9-17(18,19)20/h3-6,8H,7,9H2,1-2H3,(H,21,26). The van der Waals surface area contributed by atoms with E-state index in [4.69, 9.17) is 4.74 Å². The molecule has 0 fully saturated rings. The number of fused-ring (bicyclic) bond motifs is 1. The summed E-state index contributed by atoms with van der Waals surface area (Å²) < 4.78 is 48.2. The lowest BCUT2D eigenvalue weighted by molar-refractivity contribution is -0.154. The second-order valence-electron chi connectivity index (χ2n) is 5.72. The molecule has 0 saturated heterocycles. The molecule has 0 bridgehead atoms. The van der Waals surface area contributed by atoms with Crippen molar-refractivity contribution in [1.82, 2.24) is 25.1 Å². The van der Waals surface area contributed by atoms with E-state index in [0.717, 1.165) is 0 Å². The number of pyridine rings is 2. The minimum Gasteiger partial charge on any atom is -0.481 e. The van der Waals surface area contributed by atoms with Crippen LogP contribution in [-0.2, 0) is 6.54 Å². The summed E-state index contributed by atoms with van der Waals surface area (Å²) in [6, 6.07) is 4.54. The third-order valence-corrected chi connectivity index (χ3v) is 3.75. The van der Waals surface area contributed by atoms with Crippen molar-refractivity contribution in [3.05, 3.63) is 41.9 Å². The van der Waals surface area contributed by atoms with Gasteiger partial charge in [-0.25, -0.2) is 0 Å². The molecular formula is C17H16F3N5O3. The highest BCUT2D eigenvalue weighted by atomic mass is 19.4. The van der Waals surface area contributed by atoms with E-state index in [-0.39, 0.29) is 29.9 Å². The molecule has 1 amide bonds. The number of nitrogens with zero attached hydrogens (tertiary/aromatic N) is 4. The number of amides is 1. The smallest absolute Gasteiger partial charge is 0.422 e. The van der Waals surface area contributed by atoms with Crippen LogP contribution in [0.4, 0.5) is 13.2 Å². The number of methoxy groups -OCH3 is 1. The van der Waals surface area contributed by atoms with Crippen LogP contribution in [0.15, 0.2) is 30.6 Å². The zero-order chi connectivity index (χ0) is 20.3. The summed E-state index contributed by atoms with van der Waals surface area (Å²) >= 11 is 0. The van der Waals surface area contributed by atoms with Gasteiger partial charge in [-0.05, 0) is 12.1 Å². The zero-order valence-electron chi connectivity index (χ0n) is 14.9. The van der Waals surface area contributed by atoms with Gasteiger partial charge in [0.15, 0.2) is 6.61 Å². The first-order valence-electron chi connectivity index (χ1n) is 8.08. The molecule has 0 aliphatic rings. The van der Waals surface area contributed by atoms with Crippen LogP contribution in [0.25, 0.3) is 10.9 Å². The zero-order valence-corrected chi connectivity index (χ0v) is 14.9. The van der Waals surface area contributed by atoms with Crippen LogP contribution in [0.5, 0.6) is 11.8 Å². The number of aromatic nitrogens is 4. The van der Waals surface area contributed by atoms with E-state index in [9.17, 15) is 18.0 Å². The van der Waals surface area contributed by atoms with Crippen molar-refractivity contribution in [3.8, 4) is 11.8 Å². The number of nitrogens with one attached hydrogen (secondary N) is 1. The Hall–Kier alpha value is -3.37. The second-order valence-corrected chi connectivity index (χ2v) is 5.72. The highest BCUT2D eigenvalue weighted by Crippen LogP contribution is 2.24. The van der Waals surface area contributed by atoms with Gasteiger partial charge in [-0.3, -0.25) is 14.5 Å². The van der Waals surface area contributed by atoms with Crippen molar-refractivity contribution >= 4 is 16.8 Å². The number of ether oxygens (including phenoxy) is 2. The Balaban J connectivity index is 1.86. The molecule has 3 aromatic rings. The van der Waals surface area contributed by atoms with E-state index in [1.54, 1.807) is 23.0 Å². The molecule has 0 atom stereocenters. The maximum atomic E-state index is 12.3. The van der Waals surface area contributed by atoms with Gasteiger partial charge in [0.05, 0.1) is 24.6 Å². The minimum absolute atomic E-state index is 0.115. The Bertz CT molecular complexity index is 1000. The first kappa shape index (κ1) is 19.4. The summed E-state index contributed by atoms with van der Waals surface area (Å²) in [6.45, 7) is -1.22. The van der Waals surface area contributed by atoms with Crippen LogP contribution < -0.4 is 14.8 Å². The largest absolute Gasteiger partial charge is 0.481 e. The summed E-state index contributed by atoms with van der Waals surface area (Å²) in [5, 5.41) is 7.47. The van der Waals surface area contributed by atoms with Crippen molar-refractivity contribution in [2.24, 2.45) is 0 Å². The molecule has 0 aliphatic carbocycles. The quantitative estimate of drug-likeness (QED) is 0.688. The molecule has 11 heteroatoms. The summed E-state index contributed by atoms with van der Waals surface area (Å²) in [4.78, 5) is 19.9. The predicted molar refractivity (Wildman–Crippen MR) is 92.4 cm³/mol. The van der Waals surface area contributed by atoms with Crippen LogP contribution in [0.2, 0.25) is 0 Å². The molecule has 8 nitrogen and oxygen atoms in total. The third kappa shape index (κ3) is 4.30. The van der Waals surface area contributed by atoms with Gasteiger partial charge in [-0.15, -0.1) is 0 Å². The first-order chi connectivity index (χ1) is 13.3. The number of rotatable bonds is 6. The summed E-state index contributed by atoms with van der Waals surface area (Å²) in [7, 11) is 2.86. The molecule has 28 heavy (non-hydrogen) atoms. The van der Waals surface area contributed by atoms with Crippen molar-refractivity contribution in [2.45, 2.75) is 12.7 Å². The van der Waals surface area contributed by atoms with Gasteiger partial charge in [0.25, 0.3) is 5.91 Å². The maximum absolute atomic E-state index is 12.3. The normalized spacial score (nSPS) is 11.5. The molecule has 0 spiro atoms. The van der Waals surface area contributed by atoms with Gasteiger partial charge in [-0.1, -0.05) is 0 Å². The van der Waals surface area contributed by atoms with Gasteiger partial charge >= 0.3 is 6.18 Å². The first-order valence-corrected chi connectivity index (χ1v) is 8.08. The van der Waals surface area contributed by atoms with E-state index >= 15 is 0 Å². The molecule has 148 valence electrons. The van der Waals surface area contributed by atoms with Gasteiger partial charge in [-0.2, -0.15) is 23.3 Å². The fraction of sp³-hybridized carbons (Fsp3) is 0.294. The van der Waals surface area contributed by atoms with Crippen molar-refractivity contribution in [3.63, 3.8) is 0 Å². The average molecular weight is 395 g/mol. The van der Waals surface area contributed by atoms with Crippen LogP contribution in [0.3, 0.4) is 0 Å².